The van der Waals surface area contributed by atoms with Crippen LogP contribution in [0.15, 0.2) is 53.0 Å². The molecule has 0 spiro atoms. The van der Waals surface area contributed by atoms with E-state index in [9.17, 15) is 19.7 Å². The zero-order valence-corrected chi connectivity index (χ0v) is 16.9. The summed E-state index contributed by atoms with van der Waals surface area (Å²) in [4.78, 5) is 38.5. The lowest BCUT2D eigenvalue weighted by Gasteiger charge is -2.29. The van der Waals surface area contributed by atoms with Crippen LogP contribution in [-0.2, 0) is 9.59 Å². The smallest absolute Gasteiger partial charge is 0.271 e. The number of nitrogens with zero attached hydrogens (tertiary/aromatic N) is 4. The molecule has 3 aliphatic rings. The van der Waals surface area contributed by atoms with Crippen LogP contribution in [0.4, 0.5) is 11.4 Å². The molecule has 2 aromatic carbocycles. The Balaban J connectivity index is 1.57. The van der Waals surface area contributed by atoms with E-state index in [2.05, 4.69) is 20.9 Å². The molecule has 29 heavy (non-hydrogen) atoms. The van der Waals surface area contributed by atoms with Crippen LogP contribution >= 0.6 is 15.9 Å². The van der Waals surface area contributed by atoms with E-state index in [1.54, 1.807) is 6.07 Å². The van der Waals surface area contributed by atoms with Gasteiger partial charge in [0.1, 0.15) is 6.04 Å². The lowest BCUT2D eigenvalue weighted by atomic mass is 9.90. The molecule has 0 saturated carbocycles. The second-order valence-electron chi connectivity index (χ2n) is 7.44. The first kappa shape index (κ1) is 18.4. The maximum Gasteiger partial charge on any atom is 0.271 e. The van der Waals surface area contributed by atoms with Gasteiger partial charge >= 0.3 is 0 Å². The van der Waals surface area contributed by atoms with Crippen LogP contribution < -0.4 is 4.90 Å². The summed E-state index contributed by atoms with van der Waals surface area (Å²) in [5.74, 6) is -1.15. The van der Waals surface area contributed by atoms with Crippen molar-refractivity contribution in [2.24, 2.45) is 5.92 Å². The largest absolute Gasteiger partial charge is 0.274 e. The summed E-state index contributed by atoms with van der Waals surface area (Å²) in [5, 5.41) is 15.3. The van der Waals surface area contributed by atoms with E-state index in [4.69, 9.17) is 0 Å². The molecule has 0 aromatic heterocycles. The summed E-state index contributed by atoms with van der Waals surface area (Å²) >= 11 is 3.44. The fourth-order valence-electron chi connectivity index (χ4n) is 4.77. The second-order valence-corrected chi connectivity index (χ2v) is 8.35. The quantitative estimate of drug-likeness (QED) is 0.400. The SMILES string of the molecule is O=C1[C@H]2[C@@H](C(=O)N1c1cccc([N+](=O)[O-])c1)N1CCCN1[C@H]2c1ccc(Br)cc1. The minimum absolute atomic E-state index is 0.146. The molecule has 8 nitrogen and oxygen atoms in total. The number of rotatable bonds is 3. The number of carbonyl (C=O) groups is 2. The van der Waals surface area contributed by atoms with Crippen LogP contribution in [0.5, 0.6) is 0 Å². The standard InChI is InChI=1S/C20H17BrN4O4/c21-13-7-5-12(6-8-13)17-16-18(23-10-2-9-22(17)23)20(27)24(19(16)26)14-3-1-4-15(11-14)25(28)29/h1,3-8,11,16-18H,2,9-10H2/t16-,17+,18+/m1/s1. The molecule has 0 radical (unpaired) electrons. The van der Waals surface area contributed by atoms with Gasteiger partial charge in [0.25, 0.3) is 11.6 Å². The Kier molecular flexibility index (Phi) is 4.27. The highest BCUT2D eigenvalue weighted by Gasteiger charge is 2.62. The highest BCUT2D eigenvalue weighted by molar-refractivity contribution is 9.10. The van der Waals surface area contributed by atoms with Crippen molar-refractivity contribution in [1.82, 2.24) is 10.0 Å². The molecule has 3 saturated heterocycles. The lowest BCUT2D eigenvalue weighted by Crippen LogP contribution is -2.44. The summed E-state index contributed by atoms with van der Waals surface area (Å²) in [6.07, 6.45) is 0.925. The number of hydrazine groups is 1. The molecule has 9 heteroatoms. The Bertz CT molecular complexity index is 1030. The van der Waals surface area contributed by atoms with E-state index < -0.39 is 16.9 Å². The number of fused-ring (bicyclic) bond motifs is 3. The number of hydrogen-bond acceptors (Lipinski definition) is 6. The zero-order chi connectivity index (χ0) is 20.3. The number of nitro groups is 1. The number of non-ortho nitro benzene ring substituents is 1. The maximum atomic E-state index is 13.4. The number of carbonyl (C=O) groups excluding carboxylic acids is 2. The van der Waals surface area contributed by atoms with Crippen LogP contribution in [0.25, 0.3) is 0 Å². The van der Waals surface area contributed by atoms with Crippen LogP contribution in [0.2, 0.25) is 0 Å². The summed E-state index contributed by atoms with van der Waals surface area (Å²) in [6, 6.07) is 12.7. The molecular formula is C20H17BrN4O4. The van der Waals surface area contributed by atoms with Gasteiger partial charge in [-0.25, -0.2) is 14.9 Å². The van der Waals surface area contributed by atoms with Gasteiger partial charge in [-0.3, -0.25) is 19.7 Å². The van der Waals surface area contributed by atoms with Crippen LogP contribution in [0, 0.1) is 16.0 Å². The molecule has 3 heterocycles. The molecule has 2 aromatic rings. The third kappa shape index (κ3) is 2.72. The Labute approximate surface area is 174 Å². The summed E-state index contributed by atoms with van der Waals surface area (Å²) in [7, 11) is 0. The Morgan fingerprint density at radius 3 is 2.34 bits per heavy atom. The van der Waals surface area contributed by atoms with Gasteiger partial charge in [0, 0.05) is 29.7 Å². The van der Waals surface area contributed by atoms with Crippen molar-refractivity contribution in [3.63, 3.8) is 0 Å². The van der Waals surface area contributed by atoms with E-state index in [0.717, 1.165) is 34.4 Å². The van der Waals surface area contributed by atoms with Crippen molar-refractivity contribution in [3.05, 3.63) is 68.7 Å². The number of amides is 2. The van der Waals surface area contributed by atoms with E-state index >= 15 is 0 Å². The molecule has 0 bridgehead atoms. The van der Waals surface area contributed by atoms with Crippen LogP contribution in [0.3, 0.4) is 0 Å². The van der Waals surface area contributed by atoms with E-state index in [0.29, 0.717) is 0 Å². The van der Waals surface area contributed by atoms with E-state index in [1.807, 2.05) is 29.3 Å². The zero-order valence-electron chi connectivity index (χ0n) is 15.3. The molecule has 0 unspecified atom stereocenters. The van der Waals surface area contributed by atoms with Crippen molar-refractivity contribution < 1.29 is 14.5 Å². The minimum atomic E-state index is -0.571. The number of imide groups is 1. The molecule has 2 amide bonds. The number of benzene rings is 2. The number of anilines is 1. The number of hydrogen-bond donors (Lipinski definition) is 0. The number of halogens is 1. The van der Waals surface area contributed by atoms with Gasteiger partial charge in [0.05, 0.1) is 22.6 Å². The van der Waals surface area contributed by atoms with Crippen LogP contribution in [-0.4, -0.2) is 45.9 Å². The first-order valence-electron chi connectivity index (χ1n) is 9.38. The van der Waals surface area contributed by atoms with Gasteiger partial charge < -0.3 is 0 Å². The Morgan fingerprint density at radius 2 is 1.66 bits per heavy atom. The molecule has 0 aliphatic carbocycles. The fraction of sp³-hybridized carbons (Fsp3) is 0.300. The monoisotopic (exact) mass is 456 g/mol. The van der Waals surface area contributed by atoms with Gasteiger partial charge in [-0.05, 0) is 30.2 Å². The summed E-state index contributed by atoms with van der Waals surface area (Å²) in [6.45, 7) is 1.51. The maximum absolute atomic E-state index is 13.4. The average molecular weight is 457 g/mol. The molecular weight excluding hydrogens is 440 g/mol. The molecule has 0 N–H and O–H groups in total. The van der Waals surface area contributed by atoms with E-state index in [-0.39, 0.29) is 29.2 Å². The van der Waals surface area contributed by atoms with E-state index in [1.165, 1.54) is 18.2 Å². The fourth-order valence-corrected chi connectivity index (χ4v) is 5.04. The molecule has 5 rings (SSSR count). The van der Waals surface area contributed by atoms with Gasteiger partial charge in [-0.1, -0.05) is 34.1 Å². The van der Waals surface area contributed by atoms with Crippen molar-refractivity contribution in [2.75, 3.05) is 18.0 Å². The third-order valence-corrected chi connectivity index (χ3v) is 6.44. The predicted molar refractivity (Wildman–Crippen MR) is 108 cm³/mol. The third-order valence-electron chi connectivity index (χ3n) is 5.92. The Morgan fingerprint density at radius 1 is 0.966 bits per heavy atom. The van der Waals surface area contributed by atoms with Crippen molar-refractivity contribution in [3.8, 4) is 0 Å². The summed E-state index contributed by atoms with van der Waals surface area (Å²) < 4.78 is 0.945. The highest BCUT2D eigenvalue weighted by atomic mass is 79.9. The minimum Gasteiger partial charge on any atom is -0.274 e. The molecule has 148 valence electrons. The highest BCUT2D eigenvalue weighted by Crippen LogP contribution is 2.49. The second kappa shape index (κ2) is 6.72. The van der Waals surface area contributed by atoms with Crippen molar-refractivity contribution in [2.45, 2.75) is 18.5 Å². The van der Waals surface area contributed by atoms with Gasteiger partial charge in [0.15, 0.2) is 0 Å². The topological polar surface area (TPSA) is 87.0 Å². The normalized spacial score (nSPS) is 26.8. The lowest BCUT2D eigenvalue weighted by molar-refractivity contribution is -0.384. The van der Waals surface area contributed by atoms with Crippen molar-refractivity contribution >= 4 is 39.1 Å². The summed E-state index contributed by atoms with van der Waals surface area (Å²) in [5.41, 5.74) is 1.09. The van der Waals surface area contributed by atoms with Crippen LogP contribution in [0.1, 0.15) is 18.0 Å². The first-order valence-corrected chi connectivity index (χ1v) is 10.2. The average Bonchev–Trinajstić information content (AvgIpc) is 3.35. The predicted octanol–water partition coefficient (Wildman–Crippen LogP) is 2.89. The van der Waals surface area contributed by atoms with Gasteiger partial charge in [-0.2, -0.15) is 0 Å². The molecule has 3 atom stereocenters. The van der Waals surface area contributed by atoms with Gasteiger partial charge in [0.2, 0.25) is 5.91 Å². The molecule has 3 fully saturated rings. The van der Waals surface area contributed by atoms with Gasteiger partial charge in [-0.15, -0.1) is 0 Å². The first-order chi connectivity index (χ1) is 14.0. The molecule has 3 aliphatic heterocycles. The van der Waals surface area contributed by atoms with Crippen molar-refractivity contribution in [1.29, 1.82) is 0 Å². The number of nitro benzene ring substituents is 1. The Hall–Kier alpha value is -2.62.